The Kier molecular flexibility index (Phi) is 6.65. The van der Waals surface area contributed by atoms with E-state index >= 15 is 0 Å². The summed E-state index contributed by atoms with van der Waals surface area (Å²) in [6, 6.07) is 6.02. The fourth-order valence-corrected chi connectivity index (χ4v) is 2.79. The Morgan fingerprint density at radius 1 is 1.26 bits per heavy atom. The zero-order chi connectivity index (χ0) is 20.0. The molecule has 8 heteroatoms. The summed E-state index contributed by atoms with van der Waals surface area (Å²) in [5, 5.41) is 7.56. The van der Waals surface area contributed by atoms with Gasteiger partial charge >= 0.3 is 0 Å². The zero-order valence-electron chi connectivity index (χ0n) is 17.3. The monoisotopic (exact) mass is 374 g/mol. The first kappa shape index (κ1) is 20.5. The predicted octanol–water partition coefficient (Wildman–Crippen LogP) is 1.82. The zero-order valence-corrected chi connectivity index (χ0v) is 17.3. The molecule has 0 fully saturated rings. The van der Waals surface area contributed by atoms with Crippen LogP contribution in [0, 0.1) is 0 Å². The van der Waals surface area contributed by atoms with Gasteiger partial charge in [-0.2, -0.15) is 5.10 Å². The van der Waals surface area contributed by atoms with E-state index in [2.05, 4.69) is 40.3 Å². The Hall–Kier alpha value is -2.77. The van der Waals surface area contributed by atoms with Crippen LogP contribution in [0.1, 0.15) is 25.2 Å². The van der Waals surface area contributed by atoms with Gasteiger partial charge in [-0.1, -0.05) is 19.9 Å². The SMILES string of the molecule is CN=C(NCC(C)(C)c1ccc(OC)c(OC)c1)N(C)Cc1ncnn1C. The Morgan fingerprint density at radius 2 is 1.96 bits per heavy atom. The molecule has 2 rings (SSSR count). The molecule has 0 radical (unpaired) electrons. The van der Waals surface area contributed by atoms with Crippen molar-refractivity contribution < 1.29 is 9.47 Å². The number of ether oxygens (including phenoxy) is 2. The van der Waals surface area contributed by atoms with Gasteiger partial charge in [-0.3, -0.25) is 9.67 Å². The van der Waals surface area contributed by atoms with Gasteiger partial charge in [0.25, 0.3) is 0 Å². The molecule has 0 aliphatic rings. The van der Waals surface area contributed by atoms with Gasteiger partial charge in [0.2, 0.25) is 0 Å². The molecule has 0 amide bonds. The van der Waals surface area contributed by atoms with Crippen molar-refractivity contribution in [1.82, 2.24) is 25.0 Å². The van der Waals surface area contributed by atoms with Gasteiger partial charge in [0, 0.05) is 33.1 Å². The van der Waals surface area contributed by atoms with Crippen molar-refractivity contribution in [3.8, 4) is 11.5 Å². The van der Waals surface area contributed by atoms with Gasteiger partial charge in [0.15, 0.2) is 17.5 Å². The van der Waals surface area contributed by atoms with Gasteiger partial charge in [-0.15, -0.1) is 0 Å². The second-order valence-corrected chi connectivity index (χ2v) is 7.01. The maximum atomic E-state index is 5.43. The molecule has 1 aromatic carbocycles. The average Bonchev–Trinajstić information content (AvgIpc) is 3.06. The number of nitrogens with one attached hydrogen (secondary N) is 1. The van der Waals surface area contributed by atoms with Crippen molar-refractivity contribution in [1.29, 1.82) is 0 Å². The molecule has 148 valence electrons. The van der Waals surface area contributed by atoms with Crippen molar-refractivity contribution in [3.63, 3.8) is 0 Å². The van der Waals surface area contributed by atoms with Crippen LogP contribution < -0.4 is 14.8 Å². The summed E-state index contributed by atoms with van der Waals surface area (Å²) >= 11 is 0. The van der Waals surface area contributed by atoms with Crippen LogP contribution in [-0.2, 0) is 19.0 Å². The van der Waals surface area contributed by atoms with Gasteiger partial charge in [0.1, 0.15) is 12.2 Å². The smallest absolute Gasteiger partial charge is 0.193 e. The molecule has 1 heterocycles. The van der Waals surface area contributed by atoms with Crippen LogP contribution in [0.25, 0.3) is 0 Å². The van der Waals surface area contributed by atoms with E-state index in [1.165, 1.54) is 0 Å². The summed E-state index contributed by atoms with van der Waals surface area (Å²) in [6.07, 6.45) is 1.56. The van der Waals surface area contributed by atoms with Gasteiger partial charge in [0.05, 0.1) is 20.8 Å². The largest absolute Gasteiger partial charge is 0.493 e. The minimum absolute atomic E-state index is 0.138. The molecule has 0 saturated heterocycles. The first-order valence-electron chi connectivity index (χ1n) is 8.79. The van der Waals surface area contributed by atoms with Crippen molar-refractivity contribution in [2.75, 3.05) is 34.9 Å². The number of aromatic nitrogens is 3. The fraction of sp³-hybridized carbons (Fsp3) is 0.526. The summed E-state index contributed by atoms with van der Waals surface area (Å²) in [5.41, 5.74) is 1.01. The summed E-state index contributed by atoms with van der Waals surface area (Å²) in [6.45, 7) is 5.68. The molecular weight excluding hydrogens is 344 g/mol. The number of aliphatic imine (C=N–C) groups is 1. The molecule has 0 saturated carbocycles. The van der Waals surface area contributed by atoms with Crippen LogP contribution in [0.4, 0.5) is 0 Å². The van der Waals surface area contributed by atoms with Gasteiger partial charge in [-0.25, -0.2) is 4.98 Å². The maximum Gasteiger partial charge on any atom is 0.193 e. The van der Waals surface area contributed by atoms with Crippen LogP contribution in [-0.4, -0.2) is 60.5 Å². The molecule has 27 heavy (non-hydrogen) atoms. The Bertz CT molecular complexity index is 784. The summed E-state index contributed by atoms with van der Waals surface area (Å²) in [5.74, 6) is 3.13. The highest BCUT2D eigenvalue weighted by atomic mass is 16.5. The van der Waals surface area contributed by atoms with E-state index in [9.17, 15) is 0 Å². The standard InChI is InChI=1S/C19H30N6O2/c1-19(2,14-8-9-15(26-6)16(10-14)27-7)12-21-18(20-3)24(4)11-17-22-13-23-25(17)5/h8-10,13H,11-12H2,1-7H3,(H,20,21). The Morgan fingerprint density at radius 3 is 2.52 bits per heavy atom. The first-order valence-corrected chi connectivity index (χ1v) is 8.79. The molecule has 2 aromatic rings. The third-order valence-corrected chi connectivity index (χ3v) is 4.61. The van der Waals surface area contributed by atoms with Gasteiger partial charge < -0.3 is 19.7 Å². The van der Waals surface area contributed by atoms with Crippen molar-refractivity contribution in [2.24, 2.45) is 12.0 Å². The lowest BCUT2D eigenvalue weighted by Gasteiger charge is -2.29. The number of methoxy groups -OCH3 is 2. The van der Waals surface area contributed by atoms with E-state index in [0.29, 0.717) is 13.1 Å². The number of nitrogens with zero attached hydrogens (tertiary/aromatic N) is 5. The third kappa shape index (κ3) is 4.90. The van der Waals surface area contributed by atoms with Crippen LogP contribution in [0.5, 0.6) is 11.5 Å². The lowest BCUT2D eigenvalue weighted by molar-refractivity contribution is 0.353. The number of hydrogen-bond acceptors (Lipinski definition) is 5. The average molecular weight is 374 g/mol. The Labute approximate surface area is 161 Å². The normalized spacial score (nSPS) is 12.0. The van der Waals surface area contributed by atoms with Crippen LogP contribution >= 0.6 is 0 Å². The Balaban J connectivity index is 2.07. The maximum absolute atomic E-state index is 5.43. The molecule has 0 aliphatic carbocycles. The summed E-state index contributed by atoms with van der Waals surface area (Å²) in [4.78, 5) is 10.7. The molecule has 0 aliphatic heterocycles. The highest BCUT2D eigenvalue weighted by molar-refractivity contribution is 5.79. The summed E-state index contributed by atoms with van der Waals surface area (Å²) in [7, 11) is 8.93. The molecular formula is C19H30N6O2. The second kappa shape index (κ2) is 8.75. The quantitative estimate of drug-likeness (QED) is 0.588. The predicted molar refractivity (Wildman–Crippen MR) is 106 cm³/mol. The lowest BCUT2D eigenvalue weighted by Crippen LogP contribution is -2.44. The van der Waals surface area contributed by atoms with Gasteiger partial charge in [-0.05, 0) is 17.7 Å². The van der Waals surface area contributed by atoms with Crippen LogP contribution in [0.3, 0.4) is 0 Å². The molecule has 0 unspecified atom stereocenters. The second-order valence-electron chi connectivity index (χ2n) is 7.01. The highest BCUT2D eigenvalue weighted by Gasteiger charge is 2.23. The number of rotatable bonds is 7. The molecule has 8 nitrogen and oxygen atoms in total. The number of guanidine groups is 1. The number of aryl methyl sites for hydroxylation is 1. The molecule has 0 atom stereocenters. The van der Waals surface area contributed by atoms with Crippen LogP contribution in [0.15, 0.2) is 29.5 Å². The number of benzene rings is 1. The van der Waals surface area contributed by atoms with Crippen molar-refractivity contribution in [3.05, 3.63) is 35.9 Å². The summed E-state index contributed by atoms with van der Waals surface area (Å²) < 4.78 is 12.5. The number of hydrogen-bond donors (Lipinski definition) is 1. The first-order chi connectivity index (χ1) is 12.8. The van der Waals surface area contributed by atoms with E-state index in [1.807, 2.05) is 31.1 Å². The minimum Gasteiger partial charge on any atom is -0.493 e. The molecule has 0 bridgehead atoms. The topological polar surface area (TPSA) is 76.8 Å². The van der Waals surface area contributed by atoms with Crippen molar-refractivity contribution >= 4 is 5.96 Å². The van der Waals surface area contributed by atoms with E-state index < -0.39 is 0 Å². The van der Waals surface area contributed by atoms with E-state index in [4.69, 9.17) is 9.47 Å². The molecule has 1 N–H and O–H groups in total. The highest BCUT2D eigenvalue weighted by Crippen LogP contribution is 2.32. The van der Waals surface area contributed by atoms with Crippen LogP contribution in [0.2, 0.25) is 0 Å². The fourth-order valence-electron chi connectivity index (χ4n) is 2.79. The van der Waals surface area contributed by atoms with E-state index in [1.54, 1.807) is 32.3 Å². The third-order valence-electron chi connectivity index (χ3n) is 4.61. The van der Waals surface area contributed by atoms with Crippen molar-refractivity contribution in [2.45, 2.75) is 25.8 Å². The molecule has 1 aromatic heterocycles. The van der Waals surface area contributed by atoms with E-state index in [0.717, 1.165) is 28.8 Å². The minimum atomic E-state index is -0.138. The lowest BCUT2D eigenvalue weighted by atomic mass is 9.84. The molecule has 0 spiro atoms. The van der Waals surface area contributed by atoms with E-state index in [-0.39, 0.29) is 5.41 Å².